The highest BCUT2D eigenvalue weighted by Crippen LogP contribution is 2.28. The summed E-state index contributed by atoms with van der Waals surface area (Å²) in [6.07, 6.45) is -0.699. The Morgan fingerprint density at radius 1 is 1.57 bits per heavy atom. The van der Waals surface area contributed by atoms with Gasteiger partial charge in [0.1, 0.15) is 5.75 Å². The summed E-state index contributed by atoms with van der Waals surface area (Å²) in [7, 11) is 0. The standard InChI is InChI=1S/C9H7BrCl2O2/c1-5(9(12)13)14-8-3-2-6(10)4-7(8)11/h2-5H,1H3/t5-/m0/s1. The molecule has 0 fully saturated rings. The van der Waals surface area contributed by atoms with Crippen LogP contribution in [0, 0.1) is 0 Å². The van der Waals surface area contributed by atoms with Crippen molar-refractivity contribution in [2.24, 2.45) is 0 Å². The Labute approximate surface area is 100 Å². The van der Waals surface area contributed by atoms with Crippen LogP contribution < -0.4 is 4.74 Å². The Morgan fingerprint density at radius 2 is 2.21 bits per heavy atom. The van der Waals surface area contributed by atoms with Crippen LogP contribution in [0.15, 0.2) is 22.7 Å². The van der Waals surface area contributed by atoms with E-state index in [0.29, 0.717) is 10.8 Å². The normalized spacial score (nSPS) is 12.3. The van der Waals surface area contributed by atoms with Gasteiger partial charge in [0.05, 0.1) is 5.02 Å². The van der Waals surface area contributed by atoms with Crippen LogP contribution in [0.2, 0.25) is 5.02 Å². The first-order valence-corrected chi connectivity index (χ1v) is 5.36. The Balaban J connectivity index is 2.82. The molecule has 1 atom stereocenters. The molecular formula is C9H7BrCl2O2. The molecule has 0 saturated heterocycles. The van der Waals surface area contributed by atoms with Gasteiger partial charge in [0, 0.05) is 4.47 Å². The molecule has 1 aromatic carbocycles. The zero-order valence-corrected chi connectivity index (χ0v) is 10.4. The van der Waals surface area contributed by atoms with Crippen molar-refractivity contribution in [2.75, 3.05) is 0 Å². The number of rotatable bonds is 3. The molecule has 5 heteroatoms. The van der Waals surface area contributed by atoms with Gasteiger partial charge in [-0.3, -0.25) is 4.79 Å². The smallest absolute Gasteiger partial charge is 0.262 e. The Bertz CT molecular complexity index is 355. The molecule has 0 aliphatic rings. The van der Waals surface area contributed by atoms with Crippen LogP contribution in [0.4, 0.5) is 0 Å². The maximum Gasteiger partial charge on any atom is 0.262 e. The molecule has 0 spiro atoms. The van der Waals surface area contributed by atoms with Gasteiger partial charge >= 0.3 is 0 Å². The van der Waals surface area contributed by atoms with E-state index < -0.39 is 11.3 Å². The summed E-state index contributed by atoms with van der Waals surface area (Å²) in [5.41, 5.74) is 0. The van der Waals surface area contributed by atoms with Crippen LogP contribution in [0.5, 0.6) is 5.75 Å². The van der Waals surface area contributed by atoms with Crippen LogP contribution in [-0.2, 0) is 4.79 Å². The van der Waals surface area contributed by atoms with Crippen LogP contribution in [0.3, 0.4) is 0 Å². The fourth-order valence-corrected chi connectivity index (χ4v) is 1.57. The van der Waals surface area contributed by atoms with Crippen molar-refractivity contribution in [3.63, 3.8) is 0 Å². The lowest BCUT2D eigenvalue weighted by Gasteiger charge is -2.11. The van der Waals surface area contributed by atoms with Crippen molar-refractivity contribution in [3.8, 4) is 5.75 Å². The summed E-state index contributed by atoms with van der Waals surface area (Å²) in [5.74, 6) is 0.441. The van der Waals surface area contributed by atoms with E-state index in [2.05, 4.69) is 15.9 Å². The molecule has 2 nitrogen and oxygen atoms in total. The fourth-order valence-electron chi connectivity index (χ4n) is 0.808. The van der Waals surface area contributed by atoms with Crippen molar-refractivity contribution in [1.82, 2.24) is 0 Å². The highest BCUT2D eigenvalue weighted by atomic mass is 79.9. The number of ether oxygens (including phenoxy) is 1. The number of carbonyl (C=O) groups is 1. The van der Waals surface area contributed by atoms with E-state index in [1.54, 1.807) is 25.1 Å². The average Bonchev–Trinajstić information content (AvgIpc) is 2.09. The molecule has 1 rings (SSSR count). The van der Waals surface area contributed by atoms with Crippen LogP contribution in [-0.4, -0.2) is 11.3 Å². The SMILES string of the molecule is C[C@H](Oc1ccc(Br)cc1Cl)C(=O)Cl. The summed E-state index contributed by atoms with van der Waals surface area (Å²) < 4.78 is 6.07. The second-order valence-electron chi connectivity index (χ2n) is 2.64. The minimum Gasteiger partial charge on any atom is -0.480 e. The highest BCUT2D eigenvalue weighted by molar-refractivity contribution is 9.10. The molecule has 0 aromatic heterocycles. The molecule has 0 heterocycles. The first kappa shape index (κ1) is 11.8. The molecule has 0 aliphatic carbocycles. The molecule has 0 unspecified atom stereocenters. The number of hydrogen-bond donors (Lipinski definition) is 0. The molecule has 0 amide bonds. The van der Waals surface area contributed by atoms with Crippen LogP contribution in [0.25, 0.3) is 0 Å². The summed E-state index contributed by atoms with van der Waals surface area (Å²) in [5, 5.41) is -0.117. The number of benzene rings is 1. The van der Waals surface area contributed by atoms with Gasteiger partial charge in [-0.2, -0.15) is 0 Å². The summed E-state index contributed by atoms with van der Waals surface area (Å²) in [6, 6.07) is 5.12. The number of carbonyl (C=O) groups excluding carboxylic acids is 1. The van der Waals surface area contributed by atoms with E-state index in [9.17, 15) is 4.79 Å². The molecular weight excluding hydrogens is 291 g/mol. The van der Waals surface area contributed by atoms with Crippen molar-refractivity contribution < 1.29 is 9.53 Å². The van der Waals surface area contributed by atoms with Crippen LogP contribution in [0.1, 0.15) is 6.92 Å². The molecule has 0 N–H and O–H groups in total. The lowest BCUT2D eigenvalue weighted by atomic mass is 10.3. The molecule has 0 bridgehead atoms. The van der Waals surface area contributed by atoms with Gasteiger partial charge in [0.25, 0.3) is 5.24 Å². The minimum absolute atomic E-state index is 0.434. The number of hydrogen-bond acceptors (Lipinski definition) is 2. The molecule has 0 radical (unpaired) electrons. The topological polar surface area (TPSA) is 26.3 Å². The van der Waals surface area contributed by atoms with Gasteiger partial charge in [-0.15, -0.1) is 0 Å². The fraction of sp³-hybridized carbons (Fsp3) is 0.222. The van der Waals surface area contributed by atoms with Gasteiger partial charge in [0.2, 0.25) is 0 Å². The largest absolute Gasteiger partial charge is 0.480 e. The molecule has 76 valence electrons. The first-order valence-electron chi connectivity index (χ1n) is 3.81. The van der Waals surface area contributed by atoms with E-state index in [4.69, 9.17) is 27.9 Å². The van der Waals surface area contributed by atoms with E-state index in [0.717, 1.165) is 4.47 Å². The zero-order chi connectivity index (χ0) is 10.7. The summed E-state index contributed by atoms with van der Waals surface area (Å²) >= 11 is 14.4. The van der Waals surface area contributed by atoms with Crippen LogP contribution >= 0.6 is 39.1 Å². The summed E-state index contributed by atoms with van der Waals surface area (Å²) in [4.78, 5) is 10.7. The third-order valence-electron chi connectivity index (χ3n) is 1.52. The average molecular weight is 298 g/mol. The van der Waals surface area contributed by atoms with E-state index in [1.165, 1.54) is 0 Å². The quantitative estimate of drug-likeness (QED) is 0.796. The number of halogens is 3. The maximum absolute atomic E-state index is 10.7. The molecule has 14 heavy (non-hydrogen) atoms. The van der Waals surface area contributed by atoms with E-state index in [-0.39, 0.29) is 0 Å². The van der Waals surface area contributed by atoms with Crippen molar-refractivity contribution in [1.29, 1.82) is 0 Å². The van der Waals surface area contributed by atoms with E-state index in [1.807, 2.05) is 0 Å². The third kappa shape index (κ3) is 3.15. The van der Waals surface area contributed by atoms with Gasteiger partial charge < -0.3 is 4.74 Å². The Kier molecular flexibility index (Phi) is 4.23. The van der Waals surface area contributed by atoms with E-state index >= 15 is 0 Å². The van der Waals surface area contributed by atoms with Gasteiger partial charge in [-0.05, 0) is 36.7 Å². The third-order valence-corrected chi connectivity index (χ3v) is 2.61. The van der Waals surface area contributed by atoms with Crippen molar-refractivity contribution in [2.45, 2.75) is 13.0 Å². The Morgan fingerprint density at radius 3 is 2.71 bits per heavy atom. The van der Waals surface area contributed by atoms with Gasteiger partial charge in [-0.1, -0.05) is 27.5 Å². The summed E-state index contributed by atoms with van der Waals surface area (Å²) in [6.45, 7) is 1.56. The predicted molar refractivity (Wildman–Crippen MR) is 60.1 cm³/mol. The first-order chi connectivity index (χ1) is 6.50. The molecule has 0 saturated carbocycles. The zero-order valence-electron chi connectivity index (χ0n) is 7.26. The lowest BCUT2D eigenvalue weighted by molar-refractivity contribution is -0.117. The molecule has 1 aromatic rings. The maximum atomic E-state index is 10.7. The van der Waals surface area contributed by atoms with Crippen molar-refractivity contribution in [3.05, 3.63) is 27.7 Å². The predicted octanol–water partition coefficient (Wildman–Crippen LogP) is 3.64. The van der Waals surface area contributed by atoms with Gasteiger partial charge in [-0.25, -0.2) is 0 Å². The Hall–Kier alpha value is -0.250. The second-order valence-corrected chi connectivity index (χ2v) is 4.33. The monoisotopic (exact) mass is 296 g/mol. The lowest BCUT2D eigenvalue weighted by Crippen LogP contribution is -2.18. The second kappa shape index (κ2) is 5.01. The highest BCUT2D eigenvalue weighted by Gasteiger charge is 2.13. The minimum atomic E-state index is -0.699. The molecule has 0 aliphatic heterocycles. The van der Waals surface area contributed by atoms with Gasteiger partial charge in [0.15, 0.2) is 6.10 Å². The van der Waals surface area contributed by atoms with Crippen molar-refractivity contribution >= 4 is 44.4 Å².